The van der Waals surface area contributed by atoms with Gasteiger partial charge in [0.05, 0.1) is 28.9 Å². The first-order chi connectivity index (χ1) is 18.1. The van der Waals surface area contributed by atoms with E-state index in [0.717, 1.165) is 11.3 Å². The van der Waals surface area contributed by atoms with Crippen LogP contribution in [0.2, 0.25) is 10.0 Å². The summed E-state index contributed by atoms with van der Waals surface area (Å²) in [6, 6.07) is 15.8. The van der Waals surface area contributed by atoms with Crippen LogP contribution >= 0.6 is 23.2 Å². The normalized spacial score (nSPS) is 10.9. The van der Waals surface area contributed by atoms with Gasteiger partial charge in [-0.1, -0.05) is 41.4 Å². The Kier molecular flexibility index (Phi) is 10.4. The van der Waals surface area contributed by atoms with E-state index < -0.39 is 0 Å². The van der Waals surface area contributed by atoms with Gasteiger partial charge in [0, 0.05) is 30.9 Å². The molecule has 202 valence electrons. The standard InChI is InChI=1S/C29H33Cl2N3O4/c1-5-33(6-2)27(35)22-8-7-9-23(16-22)32-18-26-24(30)17-25(31)28(36)34(26)15-14-20-10-12-21(13-11-20)29(37)38-19(3)4/h7-13,16-17,19,32H,5-6,14-15,18H2,1-4H3. The third-order valence-electron chi connectivity index (χ3n) is 6.08. The Hall–Kier alpha value is -3.29. The number of hydrogen-bond donors (Lipinski definition) is 1. The van der Waals surface area contributed by atoms with E-state index in [0.29, 0.717) is 47.9 Å². The Morgan fingerprint density at radius 1 is 0.974 bits per heavy atom. The summed E-state index contributed by atoms with van der Waals surface area (Å²) in [5.74, 6) is -0.413. The van der Waals surface area contributed by atoms with E-state index in [1.807, 2.05) is 38.1 Å². The van der Waals surface area contributed by atoms with E-state index in [-0.39, 0.29) is 35.1 Å². The largest absolute Gasteiger partial charge is 0.459 e. The molecule has 0 atom stereocenters. The van der Waals surface area contributed by atoms with Crippen molar-refractivity contribution in [3.05, 3.63) is 97.4 Å². The molecule has 0 fully saturated rings. The van der Waals surface area contributed by atoms with Crippen molar-refractivity contribution in [2.75, 3.05) is 18.4 Å². The number of pyridine rings is 1. The SMILES string of the molecule is CCN(CC)C(=O)c1cccc(NCc2c(Cl)cc(Cl)c(=O)n2CCc2ccc(C(=O)OC(C)C)cc2)c1. The molecule has 1 heterocycles. The first-order valence-electron chi connectivity index (χ1n) is 12.6. The van der Waals surface area contributed by atoms with Crippen molar-refractivity contribution in [3.8, 4) is 0 Å². The lowest BCUT2D eigenvalue weighted by Crippen LogP contribution is -2.30. The molecule has 9 heteroatoms. The maximum absolute atomic E-state index is 12.9. The highest BCUT2D eigenvalue weighted by molar-refractivity contribution is 6.34. The lowest BCUT2D eigenvalue weighted by Gasteiger charge is -2.19. The number of aromatic nitrogens is 1. The van der Waals surface area contributed by atoms with Gasteiger partial charge in [0.1, 0.15) is 5.02 Å². The second kappa shape index (κ2) is 13.5. The fraction of sp³-hybridized carbons (Fsp3) is 0.345. The van der Waals surface area contributed by atoms with Crippen molar-refractivity contribution in [1.29, 1.82) is 0 Å². The van der Waals surface area contributed by atoms with Crippen LogP contribution in [0.15, 0.2) is 59.4 Å². The summed E-state index contributed by atoms with van der Waals surface area (Å²) in [4.78, 5) is 39.5. The Morgan fingerprint density at radius 2 is 1.66 bits per heavy atom. The molecule has 7 nitrogen and oxygen atoms in total. The second-order valence-electron chi connectivity index (χ2n) is 9.06. The molecule has 1 aromatic heterocycles. The summed E-state index contributed by atoms with van der Waals surface area (Å²) >= 11 is 12.7. The molecule has 38 heavy (non-hydrogen) atoms. The first kappa shape index (κ1) is 29.3. The van der Waals surface area contributed by atoms with Gasteiger partial charge in [-0.05, 0) is 76.1 Å². The Labute approximate surface area is 233 Å². The van der Waals surface area contributed by atoms with Crippen LogP contribution in [-0.4, -0.2) is 40.5 Å². The second-order valence-corrected chi connectivity index (χ2v) is 9.87. The van der Waals surface area contributed by atoms with Gasteiger partial charge in [0.2, 0.25) is 0 Å². The molecule has 0 radical (unpaired) electrons. The summed E-state index contributed by atoms with van der Waals surface area (Å²) in [7, 11) is 0. The van der Waals surface area contributed by atoms with Crippen LogP contribution in [0.3, 0.4) is 0 Å². The molecule has 1 N–H and O–H groups in total. The highest BCUT2D eigenvalue weighted by Crippen LogP contribution is 2.21. The smallest absolute Gasteiger partial charge is 0.338 e. The van der Waals surface area contributed by atoms with Gasteiger partial charge in [0.25, 0.3) is 11.5 Å². The molecule has 0 bridgehead atoms. The number of nitrogens with zero attached hydrogens (tertiary/aromatic N) is 2. The van der Waals surface area contributed by atoms with Crippen LogP contribution in [0.4, 0.5) is 5.69 Å². The molecule has 0 aliphatic carbocycles. The minimum absolute atomic E-state index is 0.0384. The van der Waals surface area contributed by atoms with Crippen LogP contribution in [-0.2, 0) is 24.2 Å². The molecular formula is C29H33Cl2N3O4. The summed E-state index contributed by atoms with van der Waals surface area (Å²) in [5, 5.41) is 3.69. The van der Waals surface area contributed by atoms with E-state index in [9.17, 15) is 14.4 Å². The number of esters is 1. The molecule has 3 rings (SSSR count). The monoisotopic (exact) mass is 557 g/mol. The zero-order valence-corrected chi connectivity index (χ0v) is 23.6. The number of rotatable bonds is 11. The lowest BCUT2D eigenvalue weighted by molar-refractivity contribution is 0.0377. The molecule has 0 saturated carbocycles. The number of aryl methyl sites for hydroxylation is 1. The average Bonchev–Trinajstić information content (AvgIpc) is 2.90. The number of ether oxygens (including phenoxy) is 1. The first-order valence-corrected chi connectivity index (χ1v) is 13.4. The molecule has 1 amide bonds. The van der Waals surface area contributed by atoms with E-state index in [1.165, 1.54) is 6.07 Å². The quantitative estimate of drug-likeness (QED) is 0.290. The van der Waals surface area contributed by atoms with Crippen molar-refractivity contribution in [2.45, 2.75) is 53.3 Å². The topological polar surface area (TPSA) is 80.6 Å². The molecule has 2 aromatic carbocycles. The number of benzene rings is 2. The Bertz CT molecular complexity index is 1330. The predicted molar refractivity (Wildman–Crippen MR) is 152 cm³/mol. The van der Waals surface area contributed by atoms with Crippen molar-refractivity contribution in [1.82, 2.24) is 9.47 Å². The number of anilines is 1. The minimum atomic E-state index is -0.374. The van der Waals surface area contributed by atoms with Gasteiger partial charge in [-0.15, -0.1) is 0 Å². The van der Waals surface area contributed by atoms with Crippen LogP contribution in [0.5, 0.6) is 0 Å². The minimum Gasteiger partial charge on any atom is -0.459 e. The Morgan fingerprint density at radius 3 is 2.29 bits per heavy atom. The van der Waals surface area contributed by atoms with Gasteiger partial charge in [0.15, 0.2) is 0 Å². The fourth-order valence-corrected chi connectivity index (χ4v) is 4.57. The lowest BCUT2D eigenvalue weighted by atomic mass is 10.1. The summed E-state index contributed by atoms with van der Waals surface area (Å²) in [6.07, 6.45) is 0.329. The van der Waals surface area contributed by atoms with Crippen molar-refractivity contribution in [2.24, 2.45) is 0 Å². The zero-order valence-electron chi connectivity index (χ0n) is 22.1. The highest BCUT2D eigenvalue weighted by atomic mass is 35.5. The van der Waals surface area contributed by atoms with E-state index >= 15 is 0 Å². The van der Waals surface area contributed by atoms with E-state index in [4.69, 9.17) is 27.9 Å². The molecule has 0 aliphatic rings. The number of halogens is 2. The number of amides is 1. The van der Waals surface area contributed by atoms with Gasteiger partial charge >= 0.3 is 5.97 Å². The summed E-state index contributed by atoms with van der Waals surface area (Å²) in [5.41, 5.74) is 2.97. The number of hydrogen-bond acceptors (Lipinski definition) is 5. The molecule has 0 aliphatic heterocycles. The van der Waals surface area contributed by atoms with Crippen LogP contribution in [0, 0.1) is 0 Å². The average molecular weight is 559 g/mol. The molecule has 0 saturated heterocycles. The molecule has 0 unspecified atom stereocenters. The summed E-state index contributed by atoms with van der Waals surface area (Å²) < 4.78 is 6.79. The Balaban J connectivity index is 1.77. The number of carbonyl (C=O) groups is 2. The predicted octanol–water partition coefficient (Wildman–Crippen LogP) is 6.06. The maximum Gasteiger partial charge on any atom is 0.338 e. The van der Waals surface area contributed by atoms with Crippen LogP contribution < -0.4 is 10.9 Å². The van der Waals surface area contributed by atoms with Gasteiger partial charge in [-0.3, -0.25) is 9.59 Å². The van der Waals surface area contributed by atoms with Gasteiger partial charge in [-0.2, -0.15) is 0 Å². The zero-order chi connectivity index (χ0) is 27.8. The number of nitrogens with one attached hydrogen (secondary N) is 1. The molecule has 3 aromatic rings. The maximum atomic E-state index is 12.9. The van der Waals surface area contributed by atoms with Gasteiger partial charge in [-0.25, -0.2) is 4.79 Å². The fourth-order valence-electron chi connectivity index (χ4n) is 4.02. The van der Waals surface area contributed by atoms with Crippen molar-refractivity contribution >= 4 is 40.8 Å². The van der Waals surface area contributed by atoms with E-state index in [2.05, 4.69) is 5.32 Å². The molecule has 0 spiro atoms. The van der Waals surface area contributed by atoms with Crippen LogP contribution in [0.25, 0.3) is 0 Å². The van der Waals surface area contributed by atoms with Gasteiger partial charge < -0.3 is 19.5 Å². The van der Waals surface area contributed by atoms with Crippen molar-refractivity contribution in [3.63, 3.8) is 0 Å². The summed E-state index contributed by atoms with van der Waals surface area (Å²) in [6.45, 7) is 9.35. The molecular weight excluding hydrogens is 525 g/mol. The third kappa shape index (κ3) is 7.39. The van der Waals surface area contributed by atoms with Crippen molar-refractivity contribution < 1.29 is 14.3 Å². The van der Waals surface area contributed by atoms with Crippen LogP contribution in [0.1, 0.15) is 59.7 Å². The highest BCUT2D eigenvalue weighted by Gasteiger charge is 2.16. The van der Waals surface area contributed by atoms with E-state index in [1.54, 1.807) is 47.6 Å². The number of carbonyl (C=O) groups excluding carboxylic acids is 2. The third-order valence-corrected chi connectivity index (χ3v) is 6.68.